The summed E-state index contributed by atoms with van der Waals surface area (Å²) in [6.45, 7) is 0. The molecule has 0 bridgehead atoms. The molecule has 1 fully saturated rings. The first-order valence-corrected chi connectivity index (χ1v) is 8.47. The van der Waals surface area contributed by atoms with Crippen molar-refractivity contribution >= 4 is 21.6 Å². The third-order valence-electron chi connectivity index (χ3n) is 2.92. The molecule has 1 aromatic carbocycles. The van der Waals surface area contributed by atoms with Crippen LogP contribution in [0.25, 0.3) is 0 Å². The van der Waals surface area contributed by atoms with Crippen molar-refractivity contribution in [3.63, 3.8) is 0 Å². The molecule has 1 aliphatic heterocycles. The van der Waals surface area contributed by atoms with Crippen LogP contribution in [0.4, 0.5) is 0 Å². The monoisotopic (exact) mass is 288 g/mol. The molecule has 2 unspecified atom stereocenters. The van der Waals surface area contributed by atoms with E-state index in [-0.39, 0.29) is 0 Å². The SMILES string of the molecule is COc1ccccc1[C@@H](O)C1S(=O)CCCS1=O. The van der Waals surface area contributed by atoms with Gasteiger partial charge in [0.2, 0.25) is 0 Å². The van der Waals surface area contributed by atoms with Crippen molar-refractivity contribution in [1.29, 1.82) is 0 Å². The van der Waals surface area contributed by atoms with Crippen molar-refractivity contribution in [3.05, 3.63) is 29.8 Å². The van der Waals surface area contributed by atoms with Gasteiger partial charge >= 0.3 is 0 Å². The molecule has 0 saturated carbocycles. The highest BCUT2D eigenvalue weighted by Gasteiger charge is 2.36. The lowest BCUT2D eigenvalue weighted by Crippen LogP contribution is -2.36. The number of para-hydroxylation sites is 1. The molecule has 3 atom stereocenters. The van der Waals surface area contributed by atoms with Gasteiger partial charge in [-0.2, -0.15) is 0 Å². The molecule has 0 aromatic heterocycles. The Hall–Kier alpha value is -0.720. The second kappa shape index (κ2) is 5.95. The fourth-order valence-corrected chi connectivity index (χ4v) is 5.95. The van der Waals surface area contributed by atoms with E-state index in [4.69, 9.17) is 4.74 Å². The molecule has 6 heteroatoms. The maximum Gasteiger partial charge on any atom is 0.140 e. The number of hydrogen-bond acceptors (Lipinski definition) is 4. The zero-order valence-corrected chi connectivity index (χ0v) is 11.7. The lowest BCUT2D eigenvalue weighted by molar-refractivity contribution is 0.188. The van der Waals surface area contributed by atoms with E-state index in [9.17, 15) is 13.5 Å². The number of rotatable bonds is 3. The van der Waals surface area contributed by atoms with Gasteiger partial charge in [0.05, 0.1) is 7.11 Å². The summed E-state index contributed by atoms with van der Waals surface area (Å²) >= 11 is 0. The van der Waals surface area contributed by atoms with E-state index in [0.29, 0.717) is 29.2 Å². The lowest BCUT2D eigenvalue weighted by atomic mass is 10.1. The maximum absolute atomic E-state index is 11.9. The topological polar surface area (TPSA) is 63.6 Å². The maximum atomic E-state index is 11.9. The van der Waals surface area contributed by atoms with E-state index < -0.39 is 32.3 Å². The van der Waals surface area contributed by atoms with Gasteiger partial charge in [-0.15, -0.1) is 0 Å². The normalized spacial score (nSPS) is 29.8. The molecule has 0 aliphatic carbocycles. The summed E-state index contributed by atoms with van der Waals surface area (Å²) in [6, 6.07) is 7.01. The minimum atomic E-state index is -1.25. The fraction of sp³-hybridized carbons (Fsp3) is 0.500. The minimum absolute atomic E-state index is 0.503. The van der Waals surface area contributed by atoms with Crippen molar-refractivity contribution in [2.75, 3.05) is 18.6 Å². The number of ether oxygens (including phenoxy) is 1. The summed E-state index contributed by atoms with van der Waals surface area (Å²) in [6.07, 6.45) is -0.322. The standard InChI is InChI=1S/C12H16O4S2/c1-16-10-6-3-2-5-9(10)11(13)12-17(14)7-4-8-18(12)15/h2-3,5-6,11-13H,4,7-8H2,1H3/t11-,12?,17?,18?/m1/s1. The molecule has 2 rings (SSSR count). The number of aliphatic hydroxyl groups excluding tert-OH is 1. The summed E-state index contributed by atoms with van der Waals surface area (Å²) in [5.74, 6) is 1.54. The average molecular weight is 288 g/mol. The Kier molecular flexibility index (Phi) is 4.53. The highest BCUT2D eigenvalue weighted by atomic mass is 32.2. The van der Waals surface area contributed by atoms with Gasteiger partial charge in [-0.25, -0.2) is 0 Å². The van der Waals surface area contributed by atoms with Gasteiger partial charge in [-0.3, -0.25) is 8.42 Å². The minimum Gasteiger partial charge on any atom is -0.496 e. The number of hydrogen-bond donors (Lipinski definition) is 1. The van der Waals surface area contributed by atoms with Crippen LogP contribution >= 0.6 is 0 Å². The molecule has 1 saturated heterocycles. The molecule has 1 N–H and O–H groups in total. The molecule has 0 amide bonds. The largest absolute Gasteiger partial charge is 0.496 e. The Balaban J connectivity index is 2.32. The summed E-state index contributed by atoms with van der Waals surface area (Å²) in [4.78, 5) is 0. The van der Waals surface area contributed by atoms with E-state index in [1.165, 1.54) is 7.11 Å². The van der Waals surface area contributed by atoms with Crippen molar-refractivity contribution in [1.82, 2.24) is 0 Å². The summed E-state index contributed by atoms with van der Waals surface area (Å²) in [5.41, 5.74) is 0.550. The Bertz CT molecular complexity index is 459. The Labute approximate surface area is 111 Å². The fourth-order valence-electron chi connectivity index (χ4n) is 2.04. The predicted molar refractivity (Wildman–Crippen MR) is 72.4 cm³/mol. The molecule has 100 valence electrons. The van der Waals surface area contributed by atoms with Crippen LogP contribution in [0.1, 0.15) is 18.1 Å². The van der Waals surface area contributed by atoms with Crippen LogP contribution in [-0.2, 0) is 21.6 Å². The van der Waals surface area contributed by atoms with Crippen LogP contribution in [0.3, 0.4) is 0 Å². The predicted octanol–water partition coefficient (Wildman–Crippen LogP) is 0.956. The molecule has 18 heavy (non-hydrogen) atoms. The smallest absolute Gasteiger partial charge is 0.140 e. The van der Waals surface area contributed by atoms with Crippen molar-refractivity contribution in [2.24, 2.45) is 0 Å². The first-order valence-electron chi connectivity index (χ1n) is 5.70. The van der Waals surface area contributed by atoms with Crippen LogP contribution in [0, 0.1) is 0 Å². The molecule has 1 aromatic rings. The third-order valence-corrected chi connectivity index (χ3v) is 7.15. The van der Waals surface area contributed by atoms with E-state index in [0.717, 1.165) is 0 Å². The quantitative estimate of drug-likeness (QED) is 0.899. The summed E-state index contributed by atoms with van der Waals surface area (Å²) in [7, 11) is -0.995. The first kappa shape index (κ1) is 13.7. The molecular weight excluding hydrogens is 272 g/mol. The van der Waals surface area contributed by atoms with Crippen molar-refractivity contribution in [3.8, 4) is 5.75 Å². The van der Waals surface area contributed by atoms with Crippen molar-refractivity contribution < 1.29 is 18.3 Å². The summed E-state index contributed by atoms with van der Waals surface area (Å²) in [5, 5.41) is 10.3. The molecule has 4 nitrogen and oxygen atoms in total. The highest BCUT2D eigenvalue weighted by Crippen LogP contribution is 2.32. The Morgan fingerprint density at radius 3 is 2.50 bits per heavy atom. The van der Waals surface area contributed by atoms with Gasteiger partial charge in [0, 0.05) is 38.7 Å². The van der Waals surface area contributed by atoms with Gasteiger partial charge in [0.25, 0.3) is 0 Å². The summed E-state index contributed by atoms with van der Waals surface area (Å²) < 4.78 is 28.3. The average Bonchev–Trinajstić information content (AvgIpc) is 2.38. The van der Waals surface area contributed by atoms with E-state index in [2.05, 4.69) is 0 Å². The highest BCUT2D eigenvalue weighted by molar-refractivity contribution is 8.03. The zero-order valence-electron chi connectivity index (χ0n) is 10.1. The van der Waals surface area contributed by atoms with Crippen LogP contribution < -0.4 is 4.74 Å². The first-order chi connectivity index (χ1) is 8.65. The van der Waals surface area contributed by atoms with Gasteiger partial charge in [0.1, 0.15) is 16.4 Å². The Morgan fingerprint density at radius 2 is 1.89 bits per heavy atom. The van der Waals surface area contributed by atoms with Crippen LogP contribution in [0.5, 0.6) is 5.75 Å². The van der Waals surface area contributed by atoms with Crippen LogP contribution in [0.2, 0.25) is 0 Å². The van der Waals surface area contributed by atoms with Gasteiger partial charge in [-0.1, -0.05) is 18.2 Å². The molecule has 1 heterocycles. The molecule has 0 spiro atoms. The zero-order chi connectivity index (χ0) is 13.1. The molecular formula is C12H16O4S2. The second-order valence-electron chi connectivity index (χ2n) is 4.08. The van der Waals surface area contributed by atoms with Crippen LogP contribution in [0.15, 0.2) is 24.3 Å². The van der Waals surface area contributed by atoms with E-state index in [1.807, 2.05) is 0 Å². The lowest BCUT2D eigenvalue weighted by Gasteiger charge is -2.26. The third kappa shape index (κ3) is 2.65. The Morgan fingerprint density at radius 1 is 1.28 bits per heavy atom. The van der Waals surface area contributed by atoms with Gasteiger partial charge in [0.15, 0.2) is 0 Å². The number of methoxy groups -OCH3 is 1. The van der Waals surface area contributed by atoms with E-state index >= 15 is 0 Å². The molecule has 1 aliphatic rings. The van der Waals surface area contributed by atoms with Gasteiger partial charge in [-0.05, 0) is 12.5 Å². The van der Waals surface area contributed by atoms with Crippen molar-refractivity contribution in [2.45, 2.75) is 17.1 Å². The number of aliphatic hydroxyl groups is 1. The molecule has 0 radical (unpaired) electrons. The van der Waals surface area contributed by atoms with Gasteiger partial charge < -0.3 is 9.84 Å². The second-order valence-corrected chi connectivity index (χ2v) is 7.73. The number of benzene rings is 1. The van der Waals surface area contributed by atoms with Crippen LogP contribution in [-0.4, -0.2) is 36.7 Å². The van der Waals surface area contributed by atoms with E-state index in [1.54, 1.807) is 24.3 Å².